The highest BCUT2D eigenvalue weighted by molar-refractivity contribution is 7.23. The SMILES string of the molecule is O=Cc1cc2cc3sc(N4CCCC4)cc3cc2s1. The highest BCUT2D eigenvalue weighted by Gasteiger charge is 2.15. The first-order valence-electron chi connectivity index (χ1n) is 6.51. The summed E-state index contributed by atoms with van der Waals surface area (Å²) in [5.74, 6) is 0. The Bertz CT molecular complexity index is 714. The third kappa shape index (κ3) is 1.86. The summed E-state index contributed by atoms with van der Waals surface area (Å²) < 4.78 is 2.53. The van der Waals surface area contributed by atoms with Gasteiger partial charge in [0.1, 0.15) is 0 Å². The van der Waals surface area contributed by atoms with Crippen molar-refractivity contribution < 1.29 is 4.79 Å². The van der Waals surface area contributed by atoms with Crippen molar-refractivity contribution >= 4 is 54.1 Å². The Morgan fingerprint density at radius 2 is 1.63 bits per heavy atom. The third-order valence-electron chi connectivity index (χ3n) is 3.70. The number of carbonyl (C=O) groups is 1. The normalized spacial score (nSPS) is 15.7. The summed E-state index contributed by atoms with van der Waals surface area (Å²) in [6, 6.07) is 8.73. The van der Waals surface area contributed by atoms with Crippen molar-refractivity contribution in [1.29, 1.82) is 0 Å². The van der Waals surface area contributed by atoms with E-state index >= 15 is 0 Å². The highest BCUT2D eigenvalue weighted by Crippen LogP contribution is 2.38. The topological polar surface area (TPSA) is 20.3 Å². The molecule has 3 aromatic rings. The molecule has 0 N–H and O–H groups in total. The van der Waals surface area contributed by atoms with E-state index in [2.05, 4.69) is 23.1 Å². The van der Waals surface area contributed by atoms with Crippen LogP contribution in [0.2, 0.25) is 0 Å². The van der Waals surface area contributed by atoms with Crippen LogP contribution in [0.15, 0.2) is 24.3 Å². The predicted molar refractivity (Wildman–Crippen MR) is 84.0 cm³/mol. The molecule has 4 rings (SSSR count). The molecule has 1 aliphatic rings. The van der Waals surface area contributed by atoms with Gasteiger partial charge in [-0.2, -0.15) is 0 Å². The first kappa shape index (κ1) is 11.4. The van der Waals surface area contributed by atoms with Crippen LogP contribution in [-0.2, 0) is 0 Å². The minimum absolute atomic E-state index is 0.812. The molecule has 2 aromatic heterocycles. The minimum atomic E-state index is 0.812. The van der Waals surface area contributed by atoms with Crippen LogP contribution in [0.25, 0.3) is 20.2 Å². The van der Waals surface area contributed by atoms with Crippen molar-refractivity contribution in [2.75, 3.05) is 18.0 Å². The summed E-state index contributed by atoms with van der Waals surface area (Å²) in [5, 5.41) is 3.88. The quantitative estimate of drug-likeness (QED) is 0.645. The van der Waals surface area contributed by atoms with E-state index < -0.39 is 0 Å². The number of thiophene rings is 2. The average molecular weight is 287 g/mol. The lowest BCUT2D eigenvalue weighted by molar-refractivity contribution is 0.112. The minimum Gasteiger partial charge on any atom is -0.363 e. The molecule has 0 unspecified atom stereocenters. The van der Waals surface area contributed by atoms with Gasteiger partial charge in [0.2, 0.25) is 0 Å². The first-order chi connectivity index (χ1) is 9.33. The van der Waals surface area contributed by atoms with E-state index in [0.29, 0.717) is 0 Å². The number of fused-ring (bicyclic) bond motifs is 2. The van der Waals surface area contributed by atoms with Gasteiger partial charge < -0.3 is 4.90 Å². The van der Waals surface area contributed by atoms with Gasteiger partial charge in [-0.25, -0.2) is 0 Å². The average Bonchev–Trinajstić information content (AvgIpc) is 3.12. The second-order valence-corrected chi connectivity index (χ2v) is 7.15. The fourth-order valence-corrected chi connectivity index (χ4v) is 4.78. The number of aldehydes is 1. The summed E-state index contributed by atoms with van der Waals surface area (Å²) in [7, 11) is 0. The Hall–Kier alpha value is -1.39. The molecule has 0 radical (unpaired) electrons. The van der Waals surface area contributed by atoms with Crippen LogP contribution in [0.4, 0.5) is 5.00 Å². The highest BCUT2D eigenvalue weighted by atomic mass is 32.1. The number of hydrogen-bond donors (Lipinski definition) is 0. The maximum atomic E-state index is 10.8. The molecule has 1 saturated heterocycles. The molecule has 0 spiro atoms. The van der Waals surface area contributed by atoms with E-state index in [1.807, 2.05) is 17.4 Å². The molecule has 0 amide bonds. The lowest BCUT2D eigenvalue weighted by Crippen LogP contribution is -2.15. The summed E-state index contributed by atoms with van der Waals surface area (Å²) in [5.41, 5.74) is 0. The van der Waals surface area contributed by atoms with Gasteiger partial charge in [-0.15, -0.1) is 22.7 Å². The van der Waals surface area contributed by atoms with Crippen LogP contribution in [0.5, 0.6) is 0 Å². The monoisotopic (exact) mass is 287 g/mol. The van der Waals surface area contributed by atoms with Gasteiger partial charge in [-0.1, -0.05) is 0 Å². The molecular formula is C15H13NOS2. The lowest BCUT2D eigenvalue weighted by atomic mass is 10.2. The number of rotatable bonds is 2. The number of nitrogens with zero attached hydrogens (tertiary/aromatic N) is 1. The Balaban J connectivity index is 1.86. The Kier molecular flexibility index (Phi) is 2.60. The van der Waals surface area contributed by atoms with E-state index in [9.17, 15) is 4.79 Å². The molecule has 1 aromatic carbocycles. The molecular weight excluding hydrogens is 274 g/mol. The van der Waals surface area contributed by atoms with Crippen molar-refractivity contribution in [3.63, 3.8) is 0 Å². The van der Waals surface area contributed by atoms with Crippen molar-refractivity contribution in [1.82, 2.24) is 0 Å². The van der Waals surface area contributed by atoms with E-state index in [-0.39, 0.29) is 0 Å². The second-order valence-electron chi connectivity index (χ2n) is 4.97. The van der Waals surface area contributed by atoms with Gasteiger partial charge in [0.25, 0.3) is 0 Å². The van der Waals surface area contributed by atoms with Crippen molar-refractivity contribution in [2.24, 2.45) is 0 Å². The van der Waals surface area contributed by atoms with E-state index in [1.54, 1.807) is 11.3 Å². The standard InChI is InChI=1S/C15H13NOS2/c17-9-12-5-10-6-14-11(7-13(10)18-12)8-15(19-14)16-3-1-2-4-16/h5-9H,1-4H2. The van der Waals surface area contributed by atoms with Gasteiger partial charge in [-0.05, 0) is 47.9 Å². The number of hydrogen-bond acceptors (Lipinski definition) is 4. The molecule has 0 saturated carbocycles. The van der Waals surface area contributed by atoms with Crippen LogP contribution in [0.3, 0.4) is 0 Å². The number of carbonyl (C=O) groups excluding carboxylic acids is 1. The predicted octanol–water partition coefficient (Wildman–Crippen LogP) is 4.53. The molecule has 1 aliphatic heterocycles. The van der Waals surface area contributed by atoms with Crippen molar-refractivity contribution in [3.05, 3.63) is 29.1 Å². The number of benzene rings is 1. The van der Waals surface area contributed by atoms with Gasteiger partial charge in [0.05, 0.1) is 9.88 Å². The Morgan fingerprint density at radius 3 is 2.37 bits per heavy atom. The molecule has 4 heteroatoms. The molecule has 3 heterocycles. The molecule has 96 valence electrons. The summed E-state index contributed by atoms with van der Waals surface area (Å²) in [6.07, 6.45) is 3.56. The lowest BCUT2D eigenvalue weighted by Gasteiger charge is -2.13. The van der Waals surface area contributed by atoms with Crippen molar-refractivity contribution in [2.45, 2.75) is 12.8 Å². The van der Waals surface area contributed by atoms with Crippen LogP contribution in [0, 0.1) is 0 Å². The second kappa shape index (κ2) is 4.32. The van der Waals surface area contributed by atoms with E-state index in [4.69, 9.17) is 0 Å². The van der Waals surface area contributed by atoms with Crippen LogP contribution >= 0.6 is 22.7 Å². The summed E-state index contributed by atoms with van der Waals surface area (Å²) >= 11 is 3.45. The van der Waals surface area contributed by atoms with E-state index in [0.717, 1.165) is 11.2 Å². The fourth-order valence-electron chi connectivity index (χ4n) is 2.73. The summed E-state index contributed by atoms with van der Waals surface area (Å²) in [6.45, 7) is 2.38. The van der Waals surface area contributed by atoms with Gasteiger partial charge in [-0.3, -0.25) is 4.79 Å². The molecule has 19 heavy (non-hydrogen) atoms. The summed E-state index contributed by atoms with van der Waals surface area (Å²) in [4.78, 5) is 14.1. The Morgan fingerprint density at radius 1 is 0.947 bits per heavy atom. The molecule has 0 aliphatic carbocycles. The van der Waals surface area contributed by atoms with Crippen LogP contribution in [0.1, 0.15) is 22.5 Å². The molecule has 2 nitrogen and oxygen atoms in total. The van der Waals surface area contributed by atoms with E-state index in [1.165, 1.54) is 51.1 Å². The Labute approximate surface area is 119 Å². The molecule has 0 atom stereocenters. The van der Waals surface area contributed by atoms with Gasteiger partial charge in [0, 0.05) is 22.5 Å². The van der Waals surface area contributed by atoms with Crippen LogP contribution in [-0.4, -0.2) is 19.4 Å². The maximum Gasteiger partial charge on any atom is 0.160 e. The fraction of sp³-hybridized carbons (Fsp3) is 0.267. The smallest absolute Gasteiger partial charge is 0.160 e. The largest absolute Gasteiger partial charge is 0.363 e. The zero-order valence-electron chi connectivity index (χ0n) is 10.4. The van der Waals surface area contributed by atoms with Gasteiger partial charge in [0.15, 0.2) is 6.29 Å². The third-order valence-corrected chi connectivity index (χ3v) is 5.88. The zero-order valence-corrected chi connectivity index (χ0v) is 12.0. The maximum absolute atomic E-state index is 10.8. The van der Waals surface area contributed by atoms with Gasteiger partial charge >= 0.3 is 0 Å². The van der Waals surface area contributed by atoms with Crippen LogP contribution < -0.4 is 4.90 Å². The number of anilines is 1. The first-order valence-corrected chi connectivity index (χ1v) is 8.14. The molecule has 0 bridgehead atoms. The van der Waals surface area contributed by atoms with Crippen molar-refractivity contribution in [3.8, 4) is 0 Å². The zero-order chi connectivity index (χ0) is 12.8. The molecule has 1 fully saturated rings.